The van der Waals surface area contributed by atoms with Gasteiger partial charge in [-0.05, 0) is 18.8 Å². The van der Waals surface area contributed by atoms with E-state index in [4.69, 9.17) is 34.0 Å². The zero-order valence-electron chi connectivity index (χ0n) is 12.8. The third-order valence-corrected chi connectivity index (χ3v) is 5.09. The molecule has 1 aliphatic heterocycles. The third kappa shape index (κ3) is 3.75. The molecule has 0 saturated carbocycles. The number of aromatic hydroxyl groups is 1. The van der Waals surface area contributed by atoms with Crippen LogP contribution in [0.2, 0.25) is 10.0 Å². The van der Waals surface area contributed by atoms with Crippen LogP contribution >= 0.6 is 23.2 Å². The standard InChI is InChI=1S/C15H19Cl2FN2O4/c16-8-5-9(22)11(13(18)12(8)17)14(19)7-1-3-20(4-2-7)15(24)10(23)6-21/h5,7,10,14,21-23H,1-4,6,19H2. The largest absolute Gasteiger partial charge is 0.507 e. The second-order valence-electron chi connectivity index (χ2n) is 5.81. The number of aliphatic hydroxyl groups is 2. The fourth-order valence-electron chi connectivity index (χ4n) is 2.92. The van der Waals surface area contributed by atoms with Gasteiger partial charge in [0.25, 0.3) is 5.91 Å². The number of carbonyl (C=O) groups excluding carboxylic acids is 1. The van der Waals surface area contributed by atoms with Crippen molar-refractivity contribution in [2.45, 2.75) is 25.0 Å². The topological polar surface area (TPSA) is 107 Å². The highest BCUT2D eigenvalue weighted by Gasteiger charge is 2.32. The predicted molar refractivity (Wildman–Crippen MR) is 87.4 cm³/mol. The molecule has 134 valence electrons. The SMILES string of the molecule is NC(c1c(O)cc(Cl)c(Cl)c1F)C1CCN(C(=O)C(O)CO)CC1. The molecule has 1 aromatic carbocycles. The van der Waals surface area contributed by atoms with E-state index >= 15 is 0 Å². The van der Waals surface area contributed by atoms with Crippen molar-refractivity contribution in [2.24, 2.45) is 11.7 Å². The molecule has 0 bridgehead atoms. The molecule has 24 heavy (non-hydrogen) atoms. The van der Waals surface area contributed by atoms with Crippen molar-refractivity contribution in [3.8, 4) is 5.75 Å². The van der Waals surface area contributed by atoms with Crippen molar-refractivity contribution >= 4 is 29.1 Å². The van der Waals surface area contributed by atoms with Crippen LogP contribution in [0, 0.1) is 11.7 Å². The second-order valence-corrected chi connectivity index (χ2v) is 6.59. The Morgan fingerprint density at radius 1 is 1.42 bits per heavy atom. The summed E-state index contributed by atoms with van der Waals surface area (Å²) in [6, 6.07) is 0.345. The Bertz CT molecular complexity index is 624. The average Bonchev–Trinajstić information content (AvgIpc) is 2.58. The van der Waals surface area contributed by atoms with Crippen LogP contribution in [0.3, 0.4) is 0 Å². The van der Waals surface area contributed by atoms with Crippen molar-refractivity contribution in [3.63, 3.8) is 0 Å². The molecule has 1 fully saturated rings. The van der Waals surface area contributed by atoms with Gasteiger partial charge in [-0.15, -0.1) is 0 Å². The van der Waals surface area contributed by atoms with E-state index < -0.39 is 30.5 Å². The molecule has 1 amide bonds. The summed E-state index contributed by atoms with van der Waals surface area (Å²) in [4.78, 5) is 13.2. The first-order valence-electron chi connectivity index (χ1n) is 7.47. The fraction of sp³-hybridized carbons (Fsp3) is 0.533. The number of piperidine rings is 1. The Morgan fingerprint density at radius 2 is 2.00 bits per heavy atom. The van der Waals surface area contributed by atoms with Gasteiger partial charge >= 0.3 is 0 Å². The Labute approximate surface area is 148 Å². The van der Waals surface area contributed by atoms with Crippen LogP contribution in [0.1, 0.15) is 24.4 Å². The Hall–Kier alpha value is -1.12. The van der Waals surface area contributed by atoms with E-state index in [0.29, 0.717) is 25.9 Å². The van der Waals surface area contributed by atoms with Gasteiger partial charge in [-0.3, -0.25) is 4.79 Å². The molecule has 0 aliphatic carbocycles. The number of nitrogens with zero attached hydrogens (tertiary/aromatic N) is 1. The number of phenolic OH excluding ortho intramolecular Hbond substituents is 1. The number of amides is 1. The van der Waals surface area contributed by atoms with E-state index in [0.717, 1.165) is 6.07 Å². The predicted octanol–water partition coefficient (Wildman–Crippen LogP) is 1.43. The van der Waals surface area contributed by atoms with E-state index in [9.17, 15) is 19.4 Å². The number of benzene rings is 1. The number of phenols is 1. The van der Waals surface area contributed by atoms with Crippen molar-refractivity contribution in [1.82, 2.24) is 4.90 Å². The third-order valence-electron chi connectivity index (χ3n) is 4.33. The van der Waals surface area contributed by atoms with Gasteiger partial charge < -0.3 is 26.0 Å². The Morgan fingerprint density at radius 3 is 2.54 bits per heavy atom. The minimum Gasteiger partial charge on any atom is -0.507 e. The number of aliphatic hydroxyl groups excluding tert-OH is 2. The number of rotatable bonds is 4. The normalized spacial score (nSPS) is 18.5. The van der Waals surface area contributed by atoms with Gasteiger partial charge in [-0.1, -0.05) is 23.2 Å². The average molecular weight is 381 g/mol. The Kier molecular flexibility index (Phi) is 6.28. The van der Waals surface area contributed by atoms with Crippen LogP contribution in [0.25, 0.3) is 0 Å². The molecule has 1 aliphatic rings. The first-order valence-corrected chi connectivity index (χ1v) is 8.23. The van der Waals surface area contributed by atoms with Crippen LogP contribution in [-0.4, -0.2) is 51.9 Å². The quantitative estimate of drug-likeness (QED) is 0.591. The van der Waals surface area contributed by atoms with Gasteiger partial charge in [-0.2, -0.15) is 0 Å². The number of halogens is 3. The molecule has 1 aromatic rings. The maximum Gasteiger partial charge on any atom is 0.253 e. The maximum atomic E-state index is 14.3. The molecule has 1 saturated heterocycles. The lowest BCUT2D eigenvalue weighted by Crippen LogP contribution is -2.46. The van der Waals surface area contributed by atoms with Gasteiger partial charge in [0.05, 0.1) is 16.7 Å². The summed E-state index contributed by atoms with van der Waals surface area (Å²) in [7, 11) is 0. The molecule has 2 atom stereocenters. The monoisotopic (exact) mass is 380 g/mol. The Balaban J connectivity index is 2.10. The van der Waals surface area contributed by atoms with Crippen molar-refractivity contribution < 1.29 is 24.5 Å². The highest BCUT2D eigenvalue weighted by Crippen LogP contribution is 2.40. The van der Waals surface area contributed by atoms with Crippen LogP contribution in [0.15, 0.2) is 6.07 Å². The second kappa shape index (κ2) is 7.84. The van der Waals surface area contributed by atoms with E-state index in [1.54, 1.807) is 0 Å². The number of hydrogen-bond donors (Lipinski definition) is 4. The zero-order valence-corrected chi connectivity index (χ0v) is 14.3. The minimum absolute atomic E-state index is 0.0930. The lowest BCUT2D eigenvalue weighted by Gasteiger charge is -2.35. The van der Waals surface area contributed by atoms with Crippen molar-refractivity contribution in [1.29, 1.82) is 0 Å². The number of nitrogens with two attached hydrogens (primary N) is 1. The molecule has 1 heterocycles. The lowest BCUT2D eigenvalue weighted by atomic mass is 9.85. The zero-order chi connectivity index (χ0) is 18.0. The molecule has 5 N–H and O–H groups in total. The highest BCUT2D eigenvalue weighted by molar-refractivity contribution is 6.42. The molecule has 9 heteroatoms. The van der Waals surface area contributed by atoms with E-state index in [-0.39, 0.29) is 27.3 Å². The molecular weight excluding hydrogens is 362 g/mol. The van der Waals surface area contributed by atoms with E-state index in [1.165, 1.54) is 4.90 Å². The van der Waals surface area contributed by atoms with Crippen LogP contribution in [0.5, 0.6) is 5.75 Å². The summed E-state index contributed by atoms with van der Waals surface area (Å²) in [5.41, 5.74) is 6.01. The summed E-state index contributed by atoms with van der Waals surface area (Å²) >= 11 is 11.5. The van der Waals surface area contributed by atoms with Gasteiger partial charge in [0, 0.05) is 30.8 Å². The number of carbonyl (C=O) groups is 1. The van der Waals surface area contributed by atoms with Crippen LogP contribution in [-0.2, 0) is 4.79 Å². The van der Waals surface area contributed by atoms with Crippen molar-refractivity contribution in [2.75, 3.05) is 19.7 Å². The molecule has 0 aromatic heterocycles. The lowest BCUT2D eigenvalue weighted by molar-refractivity contribution is -0.143. The smallest absolute Gasteiger partial charge is 0.253 e. The summed E-state index contributed by atoms with van der Waals surface area (Å²) in [5.74, 6) is -1.93. The highest BCUT2D eigenvalue weighted by atomic mass is 35.5. The first-order chi connectivity index (χ1) is 11.3. The summed E-state index contributed by atoms with van der Waals surface area (Å²) in [5, 5.41) is 27.8. The van der Waals surface area contributed by atoms with E-state index in [1.807, 2.05) is 0 Å². The van der Waals surface area contributed by atoms with Gasteiger partial charge in [0.1, 0.15) is 5.75 Å². The molecule has 2 rings (SSSR count). The van der Waals surface area contributed by atoms with E-state index in [2.05, 4.69) is 0 Å². The van der Waals surface area contributed by atoms with Crippen LogP contribution in [0.4, 0.5) is 4.39 Å². The van der Waals surface area contributed by atoms with Crippen molar-refractivity contribution in [3.05, 3.63) is 27.5 Å². The van der Waals surface area contributed by atoms with Gasteiger partial charge in [0.2, 0.25) is 0 Å². The summed E-state index contributed by atoms with van der Waals surface area (Å²) in [6.07, 6.45) is -0.513. The van der Waals surface area contributed by atoms with Crippen LogP contribution < -0.4 is 5.73 Å². The molecule has 2 unspecified atom stereocenters. The minimum atomic E-state index is -1.44. The van der Waals surface area contributed by atoms with Gasteiger partial charge in [-0.25, -0.2) is 4.39 Å². The molecule has 0 radical (unpaired) electrons. The fourth-order valence-corrected chi connectivity index (χ4v) is 3.26. The summed E-state index contributed by atoms with van der Waals surface area (Å²) in [6.45, 7) is -0.00341. The number of hydrogen-bond acceptors (Lipinski definition) is 5. The molecule has 0 spiro atoms. The maximum absolute atomic E-state index is 14.3. The molecule has 6 nitrogen and oxygen atoms in total. The molecular formula is C15H19Cl2FN2O4. The first kappa shape index (κ1) is 19.2. The summed E-state index contributed by atoms with van der Waals surface area (Å²) < 4.78 is 14.3. The number of likely N-dealkylation sites (tertiary alicyclic amines) is 1. The van der Waals surface area contributed by atoms with Gasteiger partial charge in [0.15, 0.2) is 11.9 Å².